The van der Waals surface area contributed by atoms with Crippen LogP contribution in [0.3, 0.4) is 0 Å². The number of aldehydes is 1. The van der Waals surface area contributed by atoms with Crippen LogP contribution in [0.1, 0.15) is 12.8 Å². The number of carbonyl (C=O) groups is 3. The number of aliphatic carboxylic acids is 1. The summed E-state index contributed by atoms with van der Waals surface area (Å²) in [7, 11) is 0. The molecule has 1 atom stereocenters. The smallest absolute Gasteiger partial charge is 0.303 e. The second-order valence-corrected chi connectivity index (χ2v) is 2.72. The molecule has 0 aromatic heterocycles. The van der Waals surface area contributed by atoms with Crippen molar-refractivity contribution in [2.45, 2.75) is 18.9 Å². The summed E-state index contributed by atoms with van der Waals surface area (Å²) in [6.45, 7) is 0. The zero-order valence-electron chi connectivity index (χ0n) is 6.90. The predicted molar refractivity (Wildman–Crippen MR) is 48.7 cm³/mol. The standard InChI is InChI=1S/C7H11NO4S/c9-3-5(1-2-7(11)12)8-6(10)4-13/h3,5,13H,1-2,4H2,(H,8,10)(H,11,12). The van der Waals surface area contributed by atoms with Crippen LogP contribution in [0.5, 0.6) is 0 Å². The predicted octanol–water partition coefficient (Wildman–Crippen LogP) is -0.535. The molecule has 0 aliphatic carbocycles. The van der Waals surface area contributed by atoms with E-state index >= 15 is 0 Å². The number of rotatable bonds is 6. The minimum absolute atomic E-state index is 0.0165. The van der Waals surface area contributed by atoms with E-state index in [1.807, 2.05) is 0 Å². The van der Waals surface area contributed by atoms with Gasteiger partial charge in [0.25, 0.3) is 0 Å². The molecule has 0 fully saturated rings. The van der Waals surface area contributed by atoms with Crippen LogP contribution in [0.25, 0.3) is 0 Å². The van der Waals surface area contributed by atoms with E-state index in [0.717, 1.165) is 0 Å². The van der Waals surface area contributed by atoms with Gasteiger partial charge in [-0.3, -0.25) is 9.59 Å². The molecule has 0 aliphatic heterocycles. The lowest BCUT2D eigenvalue weighted by molar-refractivity contribution is -0.137. The van der Waals surface area contributed by atoms with Crippen molar-refractivity contribution in [1.29, 1.82) is 0 Å². The Morgan fingerprint density at radius 1 is 1.54 bits per heavy atom. The van der Waals surface area contributed by atoms with E-state index < -0.39 is 12.0 Å². The first-order valence-corrected chi connectivity index (χ1v) is 4.30. The third kappa shape index (κ3) is 6.15. The molecule has 0 aromatic rings. The van der Waals surface area contributed by atoms with Crippen molar-refractivity contribution in [3.8, 4) is 0 Å². The lowest BCUT2D eigenvalue weighted by atomic mass is 10.2. The number of amides is 1. The maximum Gasteiger partial charge on any atom is 0.303 e. The van der Waals surface area contributed by atoms with Gasteiger partial charge in [0.05, 0.1) is 11.8 Å². The molecule has 0 radical (unpaired) electrons. The Hall–Kier alpha value is -1.04. The second kappa shape index (κ2) is 6.47. The highest BCUT2D eigenvalue weighted by Gasteiger charge is 2.11. The van der Waals surface area contributed by atoms with Crippen LogP contribution in [0.2, 0.25) is 0 Å². The van der Waals surface area contributed by atoms with E-state index in [4.69, 9.17) is 5.11 Å². The van der Waals surface area contributed by atoms with Crippen molar-refractivity contribution in [3.05, 3.63) is 0 Å². The molecule has 74 valence electrons. The highest BCUT2D eigenvalue weighted by atomic mass is 32.1. The molecule has 0 spiro atoms. The third-order valence-corrected chi connectivity index (χ3v) is 1.61. The molecule has 0 aromatic carbocycles. The minimum Gasteiger partial charge on any atom is -0.481 e. The Labute approximate surface area is 80.9 Å². The molecular formula is C7H11NO4S. The average molecular weight is 205 g/mol. The molecule has 6 heteroatoms. The van der Waals surface area contributed by atoms with Crippen molar-refractivity contribution in [2.24, 2.45) is 0 Å². The first-order chi connectivity index (χ1) is 6.10. The summed E-state index contributed by atoms with van der Waals surface area (Å²) >= 11 is 3.69. The monoisotopic (exact) mass is 205 g/mol. The van der Waals surface area contributed by atoms with E-state index in [-0.39, 0.29) is 24.5 Å². The molecule has 0 aliphatic rings. The van der Waals surface area contributed by atoms with Crippen LogP contribution in [-0.4, -0.2) is 35.1 Å². The molecule has 0 saturated heterocycles. The molecule has 1 amide bonds. The fourth-order valence-electron chi connectivity index (χ4n) is 0.706. The number of carbonyl (C=O) groups excluding carboxylic acids is 2. The molecule has 5 nitrogen and oxygen atoms in total. The van der Waals surface area contributed by atoms with Gasteiger partial charge in [0.1, 0.15) is 6.29 Å². The summed E-state index contributed by atoms with van der Waals surface area (Å²) in [5, 5.41) is 10.6. The molecule has 0 heterocycles. The maximum atomic E-state index is 10.7. The lowest BCUT2D eigenvalue weighted by Crippen LogP contribution is -2.37. The van der Waals surface area contributed by atoms with Crippen LogP contribution in [-0.2, 0) is 14.4 Å². The summed E-state index contributed by atoms with van der Waals surface area (Å²) in [6.07, 6.45) is 0.485. The van der Waals surface area contributed by atoms with E-state index in [1.165, 1.54) is 0 Å². The number of hydrogen-bond donors (Lipinski definition) is 3. The van der Waals surface area contributed by atoms with E-state index in [1.54, 1.807) is 0 Å². The summed E-state index contributed by atoms with van der Waals surface area (Å²) in [4.78, 5) is 31.2. The Bertz CT molecular complexity index is 207. The van der Waals surface area contributed by atoms with Crippen LogP contribution < -0.4 is 5.32 Å². The number of carboxylic acid groups (broad SMARTS) is 1. The topological polar surface area (TPSA) is 83.5 Å². The van der Waals surface area contributed by atoms with Crippen molar-refractivity contribution in [3.63, 3.8) is 0 Å². The van der Waals surface area contributed by atoms with Gasteiger partial charge < -0.3 is 15.2 Å². The van der Waals surface area contributed by atoms with Crippen molar-refractivity contribution in [1.82, 2.24) is 5.32 Å². The van der Waals surface area contributed by atoms with Gasteiger partial charge >= 0.3 is 5.97 Å². The van der Waals surface area contributed by atoms with Crippen LogP contribution in [0.15, 0.2) is 0 Å². The van der Waals surface area contributed by atoms with Gasteiger partial charge in [-0.15, -0.1) is 0 Å². The fourth-order valence-corrected chi connectivity index (χ4v) is 0.797. The molecule has 13 heavy (non-hydrogen) atoms. The number of carboxylic acids is 1. The third-order valence-electron chi connectivity index (χ3n) is 1.32. The first-order valence-electron chi connectivity index (χ1n) is 3.67. The molecule has 0 rings (SSSR count). The van der Waals surface area contributed by atoms with Gasteiger partial charge in [0.15, 0.2) is 0 Å². The summed E-state index contributed by atoms with van der Waals surface area (Å²) in [5.41, 5.74) is 0. The number of nitrogens with one attached hydrogen (secondary N) is 1. The normalized spacial score (nSPS) is 11.8. The molecule has 0 saturated carbocycles. The Balaban J connectivity index is 3.82. The Morgan fingerprint density at radius 3 is 2.54 bits per heavy atom. The second-order valence-electron chi connectivity index (χ2n) is 2.40. The average Bonchev–Trinajstić information content (AvgIpc) is 2.11. The van der Waals surface area contributed by atoms with Gasteiger partial charge in [-0.1, -0.05) is 0 Å². The fraction of sp³-hybridized carbons (Fsp3) is 0.571. The van der Waals surface area contributed by atoms with Crippen LogP contribution >= 0.6 is 12.6 Å². The zero-order chi connectivity index (χ0) is 10.3. The van der Waals surface area contributed by atoms with Crippen LogP contribution in [0.4, 0.5) is 0 Å². The molecule has 1 unspecified atom stereocenters. The quantitative estimate of drug-likeness (QED) is 0.402. The lowest BCUT2D eigenvalue weighted by Gasteiger charge is -2.09. The van der Waals surface area contributed by atoms with E-state index in [2.05, 4.69) is 17.9 Å². The zero-order valence-corrected chi connectivity index (χ0v) is 7.79. The molecular weight excluding hydrogens is 194 g/mol. The number of hydrogen-bond acceptors (Lipinski definition) is 4. The van der Waals surface area contributed by atoms with Crippen LogP contribution in [0, 0.1) is 0 Å². The van der Waals surface area contributed by atoms with Gasteiger partial charge in [-0.25, -0.2) is 0 Å². The summed E-state index contributed by atoms with van der Waals surface area (Å²) in [6, 6.07) is -0.726. The highest BCUT2D eigenvalue weighted by Crippen LogP contribution is 1.94. The first kappa shape index (κ1) is 12.0. The van der Waals surface area contributed by atoms with Crippen molar-refractivity contribution < 1.29 is 19.5 Å². The largest absolute Gasteiger partial charge is 0.481 e. The van der Waals surface area contributed by atoms with E-state index in [9.17, 15) is 14.4 Å². The van der Waals surface area contributed by atoms with E-state index in [0.29, 0.717) is 6.29 Å². The summed E-state index contributed by atoms with van der Waals surface area (Å²) in [5.74, 6) is -1.39. The molecule has 0 bridgehead atoms. The minimum atomic E-state index is -0.994. The summed E-state index contributed by atoms with van der Waals surface area (Å²) < 4.78 is 0. The number of thiol groups is 1. The van der Waals surface area contributed by atoms with Gasteiger partial charge in [-0.2, -0.15) is 12.6 Å². The van der Waals surface area contributed by atoms with Crippen molar-refractivity contribution in [2.75, 3.05) is 5.75 Å². The van der Waals surface area contributed by atoms with Gasteiger partial charge in [0.2, 0.25) is 5.91 Å². The maximum absolute atomic E-state index is 10.7. The highest BCUT2D eigenvalue weighted by molar-refractivity contribution is 7.81. The Morgan fingerprint density at radius 2 is 2.15 bits per heavy atom. The van der Waals surface area contributed by atoms with Gasteiger partial charge in [0, 0.05) is 6.42 Å². The molecule has 2 N–H and O–H groups in total. The van der Waals surface area contributed by atoms with Crippen molar-refractivity contribution >= 4 is 30.8 Å². The Kier molecular flexibility index (Phi) is 5.96. The SMILES string of the molecule is O=CC(CCC(=O)O)NC(=O)CS. The van der Waals surface area contributed by atoms with Gasteiger partial charge in [-0.05, 0) is 6.42 Å².